The normalized spacial score (nSPS) is 21.9. The molecule has 0 radical (unpaired) electrons. The molecule has 0 unspecified atom stereocenters. The van der Waals surface area contributed by atoms with Gasteiger partial charge in [-0.05, 0) is 7.05 Å². The van der Waals surface area contributed by atoms with Crippen LogP contribution < -0.4 is 5.11 Å². The molecular formula is C7H13N2O2-. The Hall–Kier alpha value is -0.610. The van der Waals surface area contributed by atoms with Crippen LogP contribution in [-0.4, -0.2) is 55.5 Å². The van der Waals surface area contributed by atoms with Gasteiger partial charge in [-0.1, -0.05) is 0 Å². The molecule has 1 rings (SSSR count). The molecule has 0 N–H and O–H groups in total. The van der Waals surface area contributed by atoms with Crippen molar-refractivity contribution in [2.45, 2.75) is 0 Å². The summed E-state index contributed by atoms with van der Waals surface area (Å²) in [4.78, 5) is 14.3. The summed E-state index contributed by atoms with van der Waals surface area (Å²) in [5, 5.41) is 10.2. The third-order valence-corrected chi connectivity index (χ3v) is 1.95. The van der Waals surface area contributed by atoms with E-state index in [0.29, 0.717) is 0 Å². The summed E-state index contributed by atoms with van der Waals surface area (Å²) in [5.41, 5.74) is 0. The molecule has 1 fully saturated rings. The molecule has 0 bridgehead atoms. The van der Waals surface area contributed by atoms with Gasteiger partial charge in [0.2, 0.25) is 0 Å². The topological polar surface area (TPSA) is 46.6 Å². The number of likely N-dealkylation sites (N-methyl/N-ethyl adjacent to an activating group) is 1. The van der Waals surface area contributed by atoms with Crippen LogP contribution in [0.15, 0.2) is 0 Å². The van der Waals surface area contributed by atoms with Crippen LogP contribution in [0, 0.1) is 0 Å². The predicted octanol–water partition coefficient (Wildman–Crippen LogP) is -2.02. The van der Waals surface area contributed by atoms with Gasteiger partial charge in [-0.2, -0.15) is 0 Å². The number of piperazine rings is 1. The zero-order valence-electron chi connectivity index (χ0n) is 6.75. The second kappa shape index (κ2) is 3.69. The summed E-state index contributed by atoms with van der Waals surface area (Å²) in [6.07, 6.45) is 0. The van der Waals surface area contributed by atoms with E-state index in [4.69, 9.17) is 0 Å². The summed E-state index contributed by atoms with van der Waals surface area (Å²) in [5.74, 6) is -0.977. The SMILES string of the molecule is CN1CCN(CC(=O)[O-])CC1. The summed E-state index contributed by atoms with van der Waals surface area (Å²) >= 11 is 0. The molecule has 4 nitrogen and oxygen atoms in total. The van der Waals surface area contributed by atoms with Crippen LogP contribution in [0.4, 0.5) is 0 Å². The van der Waals surface area contributed by atoms with Crippen LogP contribution >= 0.6 is 0 Å². The Morgan fingerprint density at radius 3 is 2.36 bits per heavy atom. The summed E-state index contributed by atoms with van der Waals surface area (Å²) < 4.78 is 0. The Morgan fingerprint density at radius 1 is 1.36 bits per heavy atom. The quantitative estimate of drug-likeness (QED) is 0.464. The number of carbonyl (C=O) groups is 1. The van der Waals surface area contributed by atoms with E-state index < -0.39 is 5.97 Å². The van der Waals surface area contributed by atoms with Gasteiger partial charge in [-0.3, -0.25) is 4.90 Å². The van der Waals surface area contributed by atoms with Crippen molar-refractivity contribution in [1.29, 1.82) is 0 Å². The number of carboxylic acid groups (broad SMARTS) is 1. The average Bonchev–Trinajstić information content (AvgIpc) is 1.93. The van der Waals surface area contributed by atoms with Crippen LogP contribution in [0.5, 0.6) is 0 Å². The minimum absolute atomic E-state index is 0.0772. The van der Waals surface area contributed by atoms with Gasteiger partial charge >= 0.3 is 0 Å². The third-order valence-electron chi connectivity index (χ3n) is 1.95. The first-order valence-electron chi connectivity index (χ1n) is 3.79. The van der Waals surface area contributed by atoms with Crippen molar-refractivity contribution in [2.75, 3.05) is 39.8 Å². The second-order valence-electron chi connectivity index (χ2n) is 2.95. The number of nitrogens with zero attached hydrogens (tertiary/aromatic N) is 2. The van der Waals surface area contributed by atoms with Crippen molar-refractivity contribution >= 4 is 5.97 Å². The highest BCUT2D eigenvalue weighted by atomic mass is 16.4. The molecule has 1 saturated heterocycles. The van der Waals surface area contributed by atoms with E-state index in [1.54, 1.807) is 0 Å². The lowest BCUT2D eigenvalue weighted by Gasteiger charge is -2.32. The summed E-state index contributed by atoms with van der Waals surface area (Å²) in [7, 11) is 2.04. The van der Waals surface area contributed by atoms with Crippen LogP contribution in [0.3, 0.4) is 0 Å². The molecule has 0 aromatic rings. The van der Waals surface area contributed by atoms with Gasteiger partial charge in [0.25, 0.3) is 0 Å². The molecule has 1 aliphatic rings. The standard InChI is InChI=1S/C7H14N2O2/c1-8-2-4-9(5-3-8)6-7(10)11/h2-6H2,1H3,(H,10,11)/p-1. The molecular weight excluding hydrogens is 144 g/mol. The van der Waals surface area contributed by atoms with Crippen molar-refractivity contribution in [3.05, 3.63) is 0 Å². The van der Waals surface area contributed by atoms with Crippen LogP contribution in [0.1, 0.15) is 0 Å². The van der Waals surface area contributed by atoms with Gasteiger partial charge in [0, 0.05) is 32.7 Å². The molecule has 0 aromatic carbocycles. The number of aliphatic carboxylic acids is 1. The molecule has 0 aromatic heterocycles. The summed E-state index contributed by atoms with van der Waals surface area (Å²) in [6.45, 7) is 3.66. The Kier molecular flexibility index (Phi) is 2.84. The fraction of sp³-hybridized carbons (Fsp3) is 0.857. The van der Waals surface area contributed by atoms with Gasteiger partial charge in [0.05, 0.1) is 5.97 Å². The van der Waals surface area contributed by atoms with Gasteiger partial charge in [0.15, 0.2) is 0 Å². The van der Waals surface area contributed by atoms with E-state index in [9.17, 15) is 9.90 Å². The highest BCUT2D eigenvalue weighted by Gasteiger charge is 2.12. The first-order chi connectivity index (χ1) is 5.18. The van der Waals surface area contributed by atoms with E-state index in [1.165, 1.54) is 0 Å². The van der Waals surface area contributed by atoms with Gasteiger partial charge < -0.3 is 14.8 Å². The molecule has 11 heavy (non-hydrogen) atoms. The lowest BCUT2D eigenvalue weighted by atomic mass is 10.3. The monoisotopic (exact) mass is 157 g/mol. The molecule has 0 aliphatic carbocycles. The first-order valence-corrected chi connectivity index (χ1v) is 3.79. The van der Waals surface area contributed by atoms with Crippen molar-refractivity contribution in [1.82, 2.24) is 9.80 Å². The molecule has 1 aliphatic heterocycles. The molecule has 1 heterocycles. The van der Waals surface area contributed by atoms with Crippen molar-refractivity contribution in [2.24, 2.45) is 0 Å². The van der Waals surface area contributed by atoms with Gasteiger partial charge in [-0.25, -0.2) is 0 Å². The van der Waals surface area contributed by atoms with E-state index in [0.717, 1.165) is 26.2 Å². The Morgan fingerprint density at radius 2 is 1.91 bits per heavy atom. The average molecular weight is 157 g/mol. The first kappa shape index (κ1) is 8.49. The van der Waals surface area contributed by atoms with E-state index in [2.05, 4.69) is 4.90 Å². The molecule has 0 spiro atoms. The predicted molar refractivity (Wildman–Crippen MR) is 38.9 cm³/mol. The number of hydrogen-bond donors (Lipinski definition) is 0. The van der Waals surface area contributed by atoms with Gasteiger partial charge in [0.1, 0.15) is 0 Å². The minimum atomic E-state index is -0.977. The minimum Gasteiger partial charge on any atom is -0.549 e. The maximum Gasteiger partial charge on any atom is 0.0555 e. The maximum atomic E-state index is 10.2. The van der Waals surface area contributed by atoms with E-state index in [1.807, 2.05) is 11.9 Å². The Labute approximate surface area is 66.4 Å². The van der Waals surface area contributed by atoms with Crippen molar-refractivity contribution in [3.8, 4) is 0 Å². The highest BCUT2D eigenvalue weighted by Crippen LogP contribution is 1.96. The van der Waals surface area contributed by atoms with Crippen molar-refractivity contribution in [3.63, 3.8) is 0 Å². The largest absolute Gasteiger partial charge is 0.549 e. The number of carbonyl (C=O) groups excluding carboxylic acids is 1. The third kappa shape index (κ3) is 2.86. The lowest BCUT2D eigenvalue weighted by Crippen LogP contribution is -2.48. The summed E-state index contributed by atoms with van der Waals surface area (Å²) in [6, 6.07) is 0. The maximum absolute atomic E-state index is 10.2. The zero-order valence-corrected chi connectivity index (χ0v) is 6.75. The number of hydrogen-bond acceptors (Lipinski definition) is 4. The van der Waals surface area contributed by atoms with Gasteiger partial charge in [-0.15, -0.1) is 0 Å². The fourth-order valence-corrected chi connectivity index (χ4v) is 1.19. The van der Waals surface area contributed by atoms with E-state index in [-0.39, 0.29) is 6.54 Å². The van der Waals surface area contributed by atoms with E-state index >= 15 is 0 Å². The van der Waals surface area contributed by atoms with Crippen LogP contribution in [0.25, 0.3) is 0 Å². The smallest absolute Gasteiger partial charge is 0.0555 e. The Bertz CT molecular complexity index is 141. The van der Waals surface area contributed by atoms with Crippen LogP contribution in [-0.2, 0) is 4.79 Å². The second-order valence-corrected chi connectivity index (χ2v) is 2.95. The zero-order chi connectivity index (χ0) is 8.27. The molecule has 64 valence electrons. The molecule has 0 saturated carbocycles. The van der Waals surface area contributed by atoms with Crippen LogP contribution in [0.2, 0.25) is 0 Å². The molecule has 4 heteroatoms. The number of rotatable bonds is 2. The molecule has 0 amide bonds. The number of carboxylic acids is 1. The fourth-order valence-electron chi connectivity index (χ4n) is 1.19. The molecule has 0 atom stereocenters. The Balaban J connectivity index is 2.22. The highest BCUT2D eigenvalue weighted by molar-refractivity contribution is 5.66. The van der Waals surface area contributed by atoms with Crippen molar-refractivity contribution < 1.29 is 9.90 Å². The lowest BCUT2D eigenvalue weighted by molar-refractivity contribution is -0.306.